The number of halogens is 1. The summed E-state index contributed by atoms with van der Waals surface area (Å²) in [6.45, 7) is 0. The summed E-state index contributed by atoms with van der Waals surface area (Å²) in [5.41, 5.74) is 1.12. The first-order valence-electron chi connectivity index (χ1n) is 6.14. The molecule has 17 heavy (non-hydrogen) atoms. The lowest BCUT2D eigenvalue weighted by atomic mass is 9.93. The van der Waals surface area contributed by atoms with E-state index < -0.39 is 0 Å². The fourth-order valence-electron chi connectivity index (χ4n) is 2.49. The quantitative estimate of drug-likeness (QED) is 0.915. The zero-order valence-electron chi connectivity index (χ0n) is 10.4. The summed E-state index contributed by atoms with van der Waals surface area (Å²) in [5, 5.41) is 8.38. The first-order valence-corrected chi connectivity index (χ1v) is 7.68. The summed E-state index contributed by atoms with van der Waals surface area (Å²) < 4.78 is 1.89. The van der Waals surface area contributed by atoms with Crippen molar-refractivity contribution in [3.05, 3.63) is 16.9 Å². The highest BCUT2D eigenvalue weighted by atomic mass is 35.5. The number of thioether (sulfide) groups is 1. The highest BCUT2D eigenvalue weighted by Crippen LogP contribution is 2.32. The molecule has 0 aliphatic carbocycles. The van der Waals surface area contributed by atoms with Gasteiger partial charge in [-0.3, -0.25) is 4.68 Å². The molecular weight excluding hydrogens is 254 g/mol. The first kappa shape index (κ1) is 13.2. The molecule has 0 spiro atoms. The Morgan fingerprint density at radius 3 is 2.82 bits per heavy atom. The number of aryl methyl sites for hydroxylation is 1. The Balaban J connectivity index is 2.05. The van der Waals surface area contributed by atoms with E-state index in [9.17, 15) is 0 Å². The fraction of sp³-hybridized carbons (Fsp3) is 0.750. The Bertz CT molecular complexity index is 341. The van der Waals surface area contributed by atoms with Crippen molar-refractivity contribution in [2.45, 2.75) is 25.3 Å². The van der Waals surface area contributed by atoms with Crippen LogP contribution in [0.1, 0.15) is 31.0 Å². The van der Waals surface area contributed by atoms with Crippen molar-refractivity contribution in [2.75, 3.05) is 18.6 Å². The molecule has 0 saturated carbocycles. The minimum absolute atomic E-state index is 0.322. The molecule has 1 aliphatic heterocycles. The van der Waals surface area contributed by atoms with Crippen molar-refractivity contribution in [2.24, 2.45) is 13.0 Å². The van der Waals surface area contributed by atoms with E-state index in [2.05, 4.69) is 22.2 Å². The predicted molar refractivity (Wildman–Crippen MR) is 74.7 cm³/mol. The van der Waals surface area contributed by atoms with Crippen LogP contribution in [0.5, 0.6) is 0 Å². The average Bonchev–Trinajstić information content (AvgIpc) is 2.68. The number of aromatic nitrogens is 2. The van der Waals surface area contributed by atoms with Gasteiger partial charge in [0.2, 0.25) is 0 Å². The van der Waals surface area contributed by atoms with Gasteiger partial charge in [-0.15, -0.1) is 0 Å². The molecule has 1 atom stereocenters. The van der Waals surface area contributed by atoms with Crippen molar-refractivity contribution < 1.29 is 0 Å². The molecule has 96 valence electrons. The fourth-order valence-corrected chi connectivity index (χ4v) is 4.00. The molecule has 1 N–H and O–H groups in total. The second-order valence-corrected chi connectivity index (χ2v) is 6.27. The molecule has 0 radical (unpaired) electrons. The molecule has 1 aliphatic rings. The second kappa shape index (κ2) is 6.12. The molecular formula is C12H20ClN3S. The minimum atomic E-state index is 0.322. The van der Waals surface area contributed by atoms with Gasteiger partial charge in [0, 0.05) is 7.05 Å². The zero-order chi connectivity index (χ0) is 12.3. The number of hydrogen-bond acceptors (Lipinski definition) is 3. The van der Waals surface area contributed by atoms with Crippen LogP contribution in [0.25, 0.3) is 0 Å². The molecule has 5 heteroatoms. The molecule has 1 fully saturated rings. The van der Waals surface area contributed by atoms with Crippen LogP contribution >= 0.6 is 23.4 Å². The number of nitrogens with zero attached hydrogens (tertiary/aromatic N) is 2. The molecule has 1 aromatic rings. The van der Waals surface area contributed by atoms with E-state index in [1.54, 1.807) is 6.20 Å². The molecule has 1 unspecified atom stereocenters. The van der Waals surface area contributed by atoms with Crippen molar-refractivity contribution in [1.82, 2.24) is 15.1 Å². The predicted octanol–water partition coefficient (Wildman–Crippen LogP) is 2.87. The molecule has 3 nitrogen and oxygen atoms in total. The summed E-state index contributed by atoms with van der Waals surface area (Å²) in [6.07, 6.45) is 5.56. The maximum absolute atomic E-state index is 6.21. The molecule has 0 bridgehead atoms. The Morgan fingerprint density at radius 1 is 1.59 bits per heavy atom. The van der Waals surface area contributed by atoms with Gasteiger partial charge in [0.25, 0.3) is 0 Å². The van der Waals surface area contributed by atoms with Crippen molar-refractivity contribution >= 4 is 23.4 Å². The molecule has 1 aromatic heterocycles. The number of nitrogens with one attached hydrogen (secondary N) is 1. The van der Waals surface area contributed by atoms with E-state index in [0.29, 0.717) is 6.04 Å². The van der Waals surface area contributed by atoms with Crippen LogP contribution in [-0.4, -0.2) is 28.3 Å². The topological polar surface area (TPSA) is 29.9 Å². The van der Waals surface area contributed by atoms with Crippen LogP contribution in [0, 0.1) is 5.92 Å². The van der Waals surface area contributed by atoms with Gasteiger partial charge in [-0.25, -0.2) is 0 Å². The summed E-state index contributed by atoms with van der Waals surface area (Å²) >= 11 is 8.28. The summed E-state index contributed by atoms with van der Waals surface area (Å²) in [4.78, 5) is 0. The zero-order valence-corrected chi connectivity index (χ0v) is 12.0. The number of hydrogen-bond donors (Lipinski definition) is 1. The summed E-state index contributed by atoms with van der Waals surface area (Å²) in [5.74, 6) is 3.43. The summed E-state index contributed by atoms with van der Waals surface area (Å²) in [7, 11) is 3.97. The maximum atomic E-state index is 6.21. The van der Waals surface area contributed by atoms with Crippen LogP contribution in [0.15, 0.2) is 6.20 Å². The minimum Gasteiger partial charge on any atom is -0.312 e. The van der Waals surface area contributed by atoms with Crippen LogP contribution in [0.2, 0.25) is 5.02 Å². The highest BCUT2D eigenvalue weighted by Gasteiger charge is 2.23. The van der Waals surface area contributed by atoms with Crippen LogP contribution in [-0.2, 0) is 7.05 Å². The van der Waals surface area contributed by atoms with Crippen molar-refractivity contribution in [3.8, 4) is 0 Å². The third kappa shape index (κ3) is 3.18. The van der Waals surface area contributed by atoms with Crippen molar-refractivity contribution in [3.63, 3.8) is 0 Å². The monoisotopic (exact) mass is 273 g/mol. The normalized spacial score (nSPS) is 19.5. The lowest BCUT2D eigenvalue weighted by Gasteiger charge is -2.26. The number of rotatable bonds is 4. The largest absolute Gasteiger partial charge is 0.312 e. The van der Waals surface area contributed by atoms with Crippen LogP contribution < -0.4 is 5.32 Å². The van der Waals surface area contributed by atoms with Gasteiger partial charge in [0.05, 0.1) is 23.0 Å². The van der Waals surface area contributed by atoms with E-state index in [1.807, 2.05) is 18.8 Å². The van der Waals surface area contributed by atoms with E-state index >= 15 is 0 Å². The Kier molecular flexibility index (Phi) is 4.77. The Labute approximate surface area is 112 Å². The molecule has 2 rings (SSSR count). The molecule has 0 aromatic carbocycles. The lowest BCUT2D eigenvalue weighted by Crippen LogP contribution is -2.24. The van der Waals surface area contributed by atoms with E-state index in [0.717, 1.165) is 23.1 Å². The first-order chi connectivity index (χ1) is 8.22. The Morgan fingerprint density at radius 2 is 2.29 bits per heavy atom. The van der Waals surface area contributed by atoms with Gasteiger partial charge >= 0.3 is 0 Å². The molecule has 0 amide bonds. The van der Waals surface area contributed by atoms with Gasteiger partial charge in [0.1, 0.15) is 0 Å². The molecule has 1 saturated heterocycles. The average molecular weight is 274 g/mol. The highest BCUT2D eigenvalue weighted by molar-refractivity contribution is 7.99. The van der Waals surface area contributed by atoms with Crippen LogP contribution in [0.3, 0.4) is 0 Å². The van der Waals surface area contributed by atoms with E-state index in [1.165, 1.54) is 24.3 Å². The summed E-state index contributed by atoms with van der Waals surface area (Å²) in [6, 6.07) is 0.322. The smallest absolute Gasteiger partial charge is 0.0833 e. The van der Waals surface area contributed by atoms with Crippen molar-refractivity contribution in [1.29, 1.82) is 0 Å². The lowest BCUT2D eigenvalue weighted by molar-refractivity contribution is 0.372. The SMILES string of the molecule is CNC(CC1CCSCC1)c1c(Cl)cnn1C. The Hall–Kier alpha value is -0.190. The van der Waals surface area contributed by atoms with E-state index in [-0.39, 0.29) is 0 Å². The van der Waals surface area contributed by atoms with E-state index in [4.69, 9.17) is 11.6 Å². The third-order valence-corrected chi connectivity index (χ3v) is 4.87. The van der Waals surface area contributed by atoms with Gasteiger partial charge in [-0.1, -0.05) is 11.6 Å². The van der Waals surface area contributed by atoms with Gasteiger partial charge < -0.3 is 5.32 Å². The molecule has 2 heterocycles. The standard InChI is InChI=1S/C12H20ClN3S/c1-14-11(7-9-3-5-17-6-4-9)12-10(13)8-15-16(12)2/h8-9,11,14H,3-7H2,1-2H3. The maximum Gasteiger partial charge on any atom is 0.0833 e. The second-order valence-electron chi connectivity index (χ2n) is 4.63. The third-order valence-electron chi connectivity index (χ3n) is 3.53. The van der Waals surface area contributed by atoms with Crippen LogP contribution in [0.4, 0.5) is 0 Å². The van der Waals surface area contributed by atoms with Gasteiger partial charge in [-0.2, -0.15) is 16.9 Å². The van der Waals surface area contributed by atoms with Gasteiger partial charge in [-0.05, 0) is 43.7 Å². The van der Waals surface area contributed by atoms with Gasteiger partial charge in [0.15, 0.2) is 0 Å².